The largest absolute Gasteiger partial charge is 0.497 e. The summed E-state index contributed by atoms with van der Waals surface area (Å²) < 4.78 is 34.4. The maximum atomic E-state index is 12.8. The quantitative estimate of drug-likeness (QED) is 0.772. The molecule has 0 spiro atoms. The van der Waals surface area contributed by atoms with E-state index in [9.17, 15) is 8.42 Å². The molecule has 0 atom stereocenters. The fourth-order valence-electron chi connectivity index (χ4n) is 3.35. The second-order valence-corrected chi connectivity index (χ2v) is 8.91. The van der Waals surface area contributed by atoms with Crippen molar-refractivity contribution in [2.75, 3.05) is 20.2 Å². The van der Waals surface area contributed by atoms with Gasteiger partial charge in [-0.25, -0.2) is 8.42 Å². The SMILES string of the molecule is COc1ccc(S(=O)(=O)N2CCC(Cc3nncn3C(C)C)CC2)cc1. The lowest BCUT2D eigenvalue weighted by Crippen LogP contribution is -2.39. The van der Waals surface area contributed by atoms with Crippen LogP contribution in [0.5, 0.6) is 5.75 Å². The van der Waals surface area contributed by atoms with E-state index in [-0.39, 0.29) is 0 Å². The molecular formula is C18H26N4O3S. The monoisotopic (exact) mass is 378 g/mol. The lowest BCUT2D eigenvalue weighted by atomic mass is 9.94. The molecule has 2 heterocycles. The highest BCUT2D eigenvalue weighted by Gasteiger charge is 2.30. The van der Waals surface area contributed by atoms with Crippen molar-refractivity contribution in [3.63, 3.8) is 0 Å². The van der Waals surface area contributed by atoms with E-state index in [1.165, 1.54) is 0 Å². The molecule has 1 aliphatic rings. The van der Waals surface area contributed by atoms with Crippen LogP contribution in [-0.4, -0.2) is 47.7 Å². The minimum Gasteiger partial charge on any atom is -0.497 e. The van der Waals surface area contributed by atoms with Gasteiger partial charge in [0.25, 0.3) is 0 Å². The number of sulfonamides is 1. The molecule has 142 valence electrons. The molecular weight excluding hydrogens is 352 g/mol. The smallest absolute Gasteiger partial charge is 0.243 e. The molecule has 1 saturated heterocycles. The van der Waals surface area contributed by atoms with Gasteiger partial charge in [-0.05, 0) is 56.9 Å². The van der Waals surface area contributed by atoms with Gasteiger partial charge in [0.2, 0.25) is 10.0 Å². The standard InChI is InChI=1S/C18H26N4O3S/c1-14(2)22-13-19-20-18(22)12-15-8-10-21(11-9-15)26(23,24)17-6-4-16(25-3)5-7-17/h4-7,13-15H,8-12H2,1-3H3. The highest BCUT2D eigenvalue weighted by atomic mass is 32.2. The lowest BCUT2D eigenvalue weighted by molar-refractivity contribution is 0.268. The van der Waals surface area contributed by atoms with Crippen LogP contribution in [0.25, 0.3) is 0 Å². The number of rotatable bonds is 6. The Bertz CT molecular complexity index is 822. The molecule has 3 rings (SSSR count). The van der Waals surface area contributed by atoms with E-state index in [0.29, 0.717) is 35.7 Å². The van der Waals surface area contributed by atoms with Gasteiger partial charge in [0.15, 0.2) is 0 Å². The summed E-state index contributed by atoms with van der Waals surface area (Å²) in [4.78, 5) is 0.316. The molecule has 1 fully saturated rings. The first kappa shape index (κ1) is 18.8. The Kier molecular flexibility index (Phi) is 5.62. The number of ether oxygens (including phenoxy) is 1. The van der Waals surface area contributed by atoms with Crippen LogP contribution in [0.3, 0.4) is 0 Å². The van der Waals surface area contributed by atoms with Crippen LogP contribution in [0.1, 0.15) is 38.6 Å². The molecule has 1 aromatic carbocycles. The predicted molar refractivity (Wildman–Crippen MR) is 98.6 cm³/mol. The van der Waals surface area contributed by atoms with Crippen LogP contribution in [0.4, 0.5) is 0 Å². The van der Waals surface area contributed by atoms with Crippen molar-refractivity contribution in [2.45, 2.75) is 44.0 Å². The number of hydrogen-bond acceptors (Lipinski definition) is 5. The zero-order valence-electron chi connectivity index (χ0n) is 15.5. The molecule has 7 nitrogen and oxygen atoms in total. The first-order chi connectivity index (χ1) is 12.4. The average Bonchev–Trinajstić information content (AvgIpc) is 3.10. The first-order valence-corrected chi connectivity index (χ1v) is 10.4. The third-order valence-corrected chi connectivity index (χ3v) is 6.86. The molecule has 2 aromatic rings. The van der Waals surface area contributed by atoms with Crippen LogP contribution in [0, 0.1) is 5.92 Å². The van der Waals surface area contributed by atoms with Crippen LogP contribution in [0.15, 0.2) is 35.5 Å². The van der Waals surface area contributed by atoms with E-state index in [2.05, 4.69) is 28.6 Å². The van der Waals surface area contributed by atoms with Gasteiger partial charge in [0, 0.05) is 25.6 Å². The summed E-state index contributed by atoms with van der Waals surface area (Å²) in [5.74, 6) is 2.06. The third-order valence-electron chi connectivity index (χ3n) is 4.95. The highest BCUT2D eigenvalue weighted by Crippen LogP contribution is 2.27. The van der Waals surface area contributed by atoms with E-state index in [4.69, 9.17) is 4.74 Å². The minimum atomic E-state index is -3.45. The van der Waals surface area contributed by atoms with Crippen molar-refractivity contribution in [1.82, 2.24) is 19.1 Å². The van der Waals surface area contributed by atoms with Gasteiger partial charge in [-0.1, -0.05) is 0 Å². The van der Waals surface area contributed by atoms with E-state index in [1.807, 2.05) is 0 Å². The van der Waals surface area contributed by atoms with Crippen molar-refractivity contribution < 1.29 is 13.2 Å². The van der Waals surface area contributed by atoms with Gasteiger partial charge >= 0.3 is 0 Å². The molecule has 0 N–H and O–H groups in total. The normalized spacial score (nSPS) is 16.9. The Labute approximate surface area is 155 Å². The van der Waals surface area contributed by atoms with Crippen molar-refractivity contribution in [1.29, 1.82) is 0 Å². The maximum absolute atomic E-state index is 12.8. The zero-order chi connectivity index (χ0) is 18.7. The number of hydrogen-bond donors (Lipinski definition) is 0. The molecule has 26 heavy (non-hydrogen) atoms. The Morgan fingerprint density at radius 1 is 1.19 bits per heavy atom. The zero-order valence-corrected chi connectivity index (χ0v) is 16.3. The first-order valence-electron chi connectivity index (χ1n) is 8.94. The van der Waals surface area contributed by atoms with E-state index < -0.39 is 10.0 Å². The van der Waals surface area contributed by atoms with Gasteiger partial charge in [-0.3, -0.25) is 0 Å². The molecule has 0 radical (unpaired) electrons. The van der Waals surface area contributed by atoms with Gasteiger partial charge in [0.05, 0.1) is 12.0 Å². The van der Waals surface area contributed by atoms with Crippen LogP contribution in [0.2, 0.25) is 0 Å². The molecule has 0 bridgehead atoms. The van der Waals surface area contributed by atoms with Crippen molar-refractivity contribution in [3.05, 3.63) is 36.4 Å². The number of piperidine rings is 1. The predicted octanol–water partition coefficient (Wildman–Crippen LogP) is 2.51. The summed E-state index contributed by atoms with van der Waals surface area (Å²) in [7, 11) is -1.89. The summed E-state index contributed by atoms with van der Waals surface area (Å²) in [6, 6.07) is 6.89. The Balaban J connectivity index is 1.63. The van der Waals surface area contributed by atoms with Crippen molar-refractivity contribution >= 4 is 10.0 Å². The molecule has 1 aliphatic heterocycles. The summed E-state index contributed by atoms with van der Waals surface area (Å²) in [5.41, 5.74) is 0. The number of methoxy groups -OCH3 is 1. The maximum Gasteiger partial charge on any atom is 0.243 e. The van der Waals surface area contributed by atoms with Gasteiger partial charge in [0.1, 0.15) is 17.9 Å². The number of nitrogens with zero attached hydrogens (tertiary/aromatic N) is 4. The Morgan fingerprint density at radius 2 is 1.85 bits per heavy atom. The fraction of sp³-hybridized carbons (Fsp3) is 0.556. The number of aromatic nitrogens is 3. The van der Waals surface area contributed by atoms with E-state index >= 15 is 0 Å². The van der Waals surface area contributed by atoms with E-state index in [0.717, 1.165) is 25.1 Å². The van der Waals surface area contributed by atoms with Crippen LogP contribution >= 0.6 is 0 Å². The van der Waals surface area contributed by atoms with Crippen molar-refractivity contribution in [2.24, 2.45) is 5.92 Å². The second-order valence-electron chi connectivity index (χ2n) is 6.98. The van der Waals surface area contributed by atoms with Gasteiger partial charge in [-0.15, -0.1) is 10.2 Å². The molecule has 0 aliphatic carbocycles. The van der Waals surface area contributed by atoms with Gasteiger partial charge < -0.3 is 9.30 Å². The molecule has 0 unspecified atom stereocenters. The average molecular weight is 378 g/mol. The molecule has 0 saturated carbocycles. The molecule has 0 amide bonds. The topological polar surface area (TPSA) is 77.3 Å². The second kappa shape index (κ2) is 7.75. The fourth-order valence-corrected chi connectivity index (χ4v) is 4.82. The summed E-state index contributed by atoms with van der Waals surface area (Å²) in [6.45, 7) is 5.29. The number of benzene rings is 1. The Morgan fingerprint density at radius 3 is 2.42 bits per heavy atom. The summed E-state index contributed by atoms with van der Waals surface area (Å²) in [5, 5.41) is 8.25. The minimum absolute atomic E-state index is 0.316. The summed E-state index contributed by atoms with van der Waals surface area (Å²) >= 11 is 0. The third kappa shape index (κ3) is 3.91. The van der Waals surface area contributed by atoms with E-state index in [1.54, 1.807) is 42.0 Å². The van der Waals surface area contributed by atoms with Crippen LogP contribution < -0.4 is 4.74 Å². The van der Waals surface area contributed by atoms with Crippen molar-refractivity contribution in [3.8, 4) is 5.75 Å². The molecule has 1 aromatic heterocycles. The lowest BCUT2D eigenvalue weighted by Gasteiger charge is -2.31. The molecule has 8 heteroatoms. The van der Waals surface area contributed by atoms with Crippen LogP contribution in [-0.2, 0) is 16.4 Å². The Hall–Kier alpha value is -1.93. The highest BCUT2D eigenvalue weighted by molar-refractivity contribution is 7.89. The van der Waals surface area contributed by atoms with Gasteiger partial charge in [-0.2, -0.15) is 4.31 Å². The summed E-state index contributed by atoms with van der Waals surface area (Å²) in [6.07, 6.45) is 4.28.